The van der Waals surface area contributed by atoms with Crippen LogP contribution >= 0.6 is 0 Å². The molecule has 1 aromatic carbocycles. The molecule has 1 aliphatic rings. The minimum absolute atomic E-state index is 0.0204. The quantitative estimate of drug-likeness (QED) is 0.872. The Hall–Kier alpha value is -1.88. The third-order valence-electron chi connectivity index (χ3n) is 4.23. The Bertz CT molecular complexity index is 534. The molecule has 0 bridgehead atoms. The highest BCUT2D eigenvalue weighted by molar-refractivity contribution is 5.74. The highest BCUT2D eigenvalue weighted by Gasteiger charge is 2.37. The third-order valence-corrected chi connectivity index (χ3v) is 4.23. The van der Waals surface area contributed by atoms with E-state index in [4.69, 9.17) is 0 Å². The van der Waals surface area contributed by atoms with Crippen LogP contribution in [0.4, 0.5) is 4.79 Å². The zero-order chi connectivity index (χ0) is 16.3. The Morgan fingerprint density at radius 1 is 1.27 bits per heavy atom. The molecule has 22 heavy (non-hydrogen) atoms. The molecule has 1 atom stereocenters. The van der Waals surface area contributed by atoms with Gasteiger partial charge in [-0.1, -0.05) is 45.0 Å². The molecule has 0 radical (unpaired) electrons. The molecule has 120 valence electrons. The molecule has 1 N–H and O–H groups in total. The number of aldehydes is 1. The van der Waals surface area contributed by atoms with Crippen LogP contribution in [0.1, 0.15) is 36.7 Å². The number of hydrogen-bond acceptors (Lipinski definition) is 3. The van der Waals surface area contributed by atoms with E-state index in [9.17, 15) is 14.7 Å². The molecule has 1 fully saturated rings. The molecule has 1 amide bonds. The summed E-state index contributed by atoms with van der Waals surface area (Å²) >= 11 is 0. The molecular formula is C17H24N2O3. The van der Waals surface area contributed by atoms with Crippen LogP contribution in [-0.4, -0.2) is 53.0 Å². The fraction of sp³-hybridized carbons (Fsp3) is 0.529. The van der Waals surface area contributed by atoms with Crippen LogP contribution in [0.2, 0.25) is 0 Å². The molecule has 5 nitrogen and oxygen atoms in total. The van der Waals surface area contributed by atoms with Gasteiger partial charge in [0.15, 0.2) is 0 Å². The molecule has 0 aromatic heterocycles. The van der Waals surface area contributed by atoms with E-state index in [2.05, 4.69) is 25.7 Å². The molecule has 0 saturated carbocycles. The topological polar surface area (TPSA) is 60.9 Å². The van der Waals surface area contributed by atoms with Gasteiger partial charge in [-0.3, -0.25) is 9.69 Å². The number of carboxylic acid groups (broad SMARTS) is 1. The summed E-state index contributed by atoms with van der Waals surface area (Å²) in [6.07, 6.45) is 0.000293. The molecule has 1 aromatic rings. The van der Waals surface area contributed by atoms with Gasteiger partial charge in [0.1, 0.15) is 6.29 Å². The van der Waals surface area contributed by atoms with E-state index >= 15 is 0 Å². The third kappa shape index (κ3) is 3.85. The van der Waals surface area contributed by atoms with Crippen molar-refractivity contribution in [2.45, 2.75) is 33.4 Å². The Morgan fingerprint density at radius 2 is 1.91 bits per heavy atom. The summed E-state index contributed by atoms with van der Waals surface area (Å²) < 4.78 is 0. The molecule has 1 saturated heterocycles. The van der Waals surface area contributed by atoms with Gasteiger partial charge >= 0.3 is 6.09 Å². The summed E-state index contributed by atoms with van der Waals surface area (Å²) in [7, 11) is 0. The summed E-state index contributed by atoms with van der Waals surface area (Å²) in [5.41, 5.74) is 1.72. The summed E-state index contributed by atoms with van der Waals surface area (Å²) in [6, 6.07) is 7.53. The lowest BCUT2D eigenvalue weighted by atomic mass is 9.84. The first-order chi connectivity index (χ1) is 10.3. The highest BCUT2D eigenvalue weighted by atomic mass is 16.4. The monoisotopic (exact) mass is 304 g/mol. The summed E-state index contributed by atoms with van der Waals surface area (Å²) in [6.45, 7) is 9.00. The van der Waals surface area contributed by atoms with Crippen molar-refractivity contribution < 1.29 is 14.7 Å². The minimum Gasteiger partial charge on any atom is -0.465 e. The Kier molecular flexibility index (Phi) is 4.86. The van der Waals surface area contributed by atoms with Crippen molar-refractivity contribution in [2.75, 3.05) is 19.6 Å². The van der Waals surface area contributed by atoms with Gasteiger partial charge in [-0.15, -0.1) is 0 Å². The fourth-order valence-electron chi connectivity index (χ4n) is 2.91. The maximum absolute atomic E-state index is 11.4. The van der Waals surface area contributed by atoms with E-state index in [0.29, 0.717) is 12.1 Å². The number of hydrogen-bond donors (Lipinski definition) is 1. The molecule has 1 aliphatic heterocycles. The second kappa shape index (κ2) is 6.48. The molecule has 5 heteroatoms. The van der Waals surface area contributed by atoms with E-state index in [-0.39, 0.29) is 11.5 Å². The van der Waals surface area contributed by atoms with Crippen molar-refractivity contribution in [2.24, 2.45) is 5.41 Å². The second-order valence-electron chi connectivity index (χ2n) is 6.95. The van der Waals surface area contributed by atoms with Crippen LogP contribution in [0.25, 0.3) is 0 Å². The number of piperazine rings is 1. The van der Waals surface area contributed by atoms with Crippen molar-refractivity contribution in [1.82, 2.24) is 9.80 Å². The van der Waals surface area contributed by atoms with E-state index in [0.717, 1.165) is 31.5 Å². The maximum Gasteiger partial charge on any atom is 0.407 e. The SMILES string of the molecule is CC(C)(C)C1CN(Cc2ccc(C=O)cc2)CCN1C(=O)O. The van der Waals surface area contributed by atoms with Crippen molar-refractivity contribution >= 4 is 12.4 Å². The lowest BCUT2D eigenvalue weighted by Gasteiger charge is -2.46. The van der Waals surface area contributed by atoms with Gasteiger partial charge < -0.3 is 10.0 Å². The zero-order valence-electron chi connectivity index (χ0n) is 13.5. The van der Waals surface area contributed by atoms with Gasteiger partial charge in [0.25, 0.3) is 0 Å². The predicted octanol–water partition coefficient (Wildman–Crippen LogP) is 2.71. The molecule has 0 aliphatic carbocycles. The first kappa shape index (κ1) is 16.5. The Balaban J connectivity index is 2.07. The van der Waals surface area contributed by atoms with Crippen LogP contribution in [0.15, 0.2) is 24.3 Å². The number of carbonyl (C=O) groups excluding carboxylic acids is 1. The van der Waals surface area contributed by atoms with Crippen LogP contribution in [-0.2, 0) is 6.54 Å². The lowest BCUT2D eigenvalue weighted by molar-refractivity contribution is 0.0190. The fourth-order valence-corrected chi connectivity index (χ4v) is 2.91. The van der Waals surface area contributed by atoms with Gasteiger partial charge in [0.05, 0.1) is 6.04 Å². The first-order valence-corrected chi connectivity index (χ1v) is 7.57. The van der Waals surface area contributed by atoms with Gasteiger partial charge in [-0.2, -0.15) is 0 Å². The molecule has 0 spiro atoms. The van der Waals surface area contributed by atoms with Gasteiger partial charge in [0.2, 0.25) is 0 Å². The minimum atomic E-state index is -0.838. The smallest absolute Gasteiger partial charge is 0.407 e. The summed E-state index contributed by atoms with van der Waals surface area (Å²) in [5, 5.41) is 9.38. The van der Waals surface area contributed by atoms with Crippen LogP contribution in [0.5, 0.6) is 0 Å². The number of rotatable bonds is 3. The standard InChI is InChI=1S/C17H24N2O3/c1-17(2,3)15-11-18(8-9-19(15)16(21)22)10-13-4-6-14(12-20)7-5-13/h4-7,12,15H,8-11H2,1-3H3,(H,21,22). The van der Waals surface area contributed by atoms with E-state index in [1.54, 1.807) is 4.90 Å². The molecular weight excluding hydrogens is 280 g/mol. The molecule has 2 rings (SSSR count). The Labute approximate surface area is 131 Å². The number of carbonyl (C=O) groups is 2. The van der Waals surface area contributed by atoms with Crippen LogP contribution < -0.4 is 0 Å². The molecule has 1 unspecified atom stereocenters. The van der Waals surface area contributed by atoms with Gasteiger partial charge in [-0.25, -0.2) is 4.79 Å². The van der Waals surface area contributed by atoms with Gasteiger partial charge in [0, 0.05) is 31.7 Å². The normalized spacial score (nSPS) is 20.0. The number of benzene rings is 1. The van der Waals surface area contributed by atoms with E-state index in [1.807, 2.05) is 24.3 Å². The first-order valence-electron chi connectivity index (χ1n) is 7.57. The van der Waals surface area contributed by atoms with Crippen LogP contribution in [0, 0.1) is 5.41 Å². The van der Waals surface area contributed by atoms with Crippen LogP contribution in [0.3, 0.4) is 0 Å². The predicted molar refractivity (Wildman–Crippen MR) is 85.1 cm³/mol. The van der Waals surface area contributed by atoms with Crippen molar-refractivity contribution in [3.63, 3.8) is 0 Å². The second-order valence-corrected chi connectivity index (χ2v) is 6.95. The van der Waals surface area contributed by atoms with E-state index < -0.39 is 6.09 Å². The van der Waals surface area contributed by atoms with Crippen molar-refractivity contribution in [3.8, 4) is 0 Å². The summed E-state index contributed by atoms with van der Waals surface area (Å²) in [5.74, 6) is 0. The van der Waals surface area contributed by atoms with Crippen molar-refractivity contribution in [1.29, 1.82) is 0 Å². The van der Waals surface area contributed by atoms with E-state index in [1.165, 1.54) is 0 Å². The average Bonchev–Trinajstić information content (AvgIpc) is 2.47. The van der Waals surface area contributed by atoms with Crippen molar-refractivity contribution in [3.05, 3.63) is 35.4 Å². The maximum atomic E-state index is 11.4. The number of nitrogens with zero attached hydrogens (tertiary/aromatic N) is 2. The Morgan fingerprint density at radius 3 is 2.41 bits per heavy atom. The zero-order valence-corrected chi connectivity index (χ0v) is 13.5. The summed E-state index contributed by atoms with van der Waals surface area (Å²) in [4.78, 5) is 26.0. The molecule has 1 heterocycles. The lowest BCUT2D eigenvalue weighted by Crippen LogP contribution is -2.59. The van der Waals surface area contributed by atoms with Gasteiger partial charge in [-0.05, 0) is 11.0 Å². The largest absolute Gasteiger partial charge is 0.465 e. The number of amides is 1. The highest BCUT2D eigenvalue weighted by Crippen LogP contribution is 2.28. The average molecular weight is 304 g/mol.